The van der Waals surface area contributed by atoms with Crippen LogP contribution in [0.15, 0.2) is 75.2 Å². The number of ketones is 1. The minimum absolute atomic E-state index is 0.00389. The van der Waals surface area contributed by atoms with Crippen LogP contribution in [0.25, 0.3) is 33.9 Å². The number of hydrogen-bond donors (Lipinski definition) is 1. The van der Waals surface area contributed by atoms with E-state index in [1.165, 1.54) is 24.3 Å². The van der Waals surface area contributed by atoms with E-state index in [4.69, 9.17) is 4.52 Å². The zero-order valence-corrected chi connectivity index (χ0v) is 17.5. The fourth-order valence-corrected chi connectivity index (χ4v) is 5.71. The number of aromatic nitrogens is 4. The molecule has 156 valence electrons. The third-order valence-electron chi connectivity index (χ3n) is 5.58. The first-order valence-corrected chi connectivity index (χ1v) is 11.2. The molecule has 3 aromatic carbocycles. The molecule has 2 aromatic heterocycles. The van der Waals surface area contributed by atoms with Gasteiger partial charge in [-0.05, 0) is 55.0 Å². The summed E-state index contributed by atoms with van der Waals surface area (Å²) >= 11 is 0. The molecule has 0 saturated heterocycles. The summed E-state index contributed by atoms with van der Waals surface area (Å²) in [7, 11) is -3.86. The van der Waals surface area contributed by atoms with Crippen LogP contribution < -0.4 is 0 Å². The molecule has 0 aliphatic carbocycles. The molecule has 0 saturated carbocycles. The van der Waals surface area contributed by atoms with Gasteiger partial charge in [0.1, 0.15) is 0 Å². The van der Waals surface area contributed by atoms with Gasteiger partial charge in [0.2, 0.25) is 15.7 Å². The van der Waals surface area contributed by atoms with Crippen molar-refractivity contribution in [1.29, 1.82) is 0 Å². The second kappa shape index (κ2) is 6.44. The summed E-state index contributed by atoms with van der Waals surface area (Å²) in [5.41, 5.74) is 4.14. The van der Waals surface area contributed by atoms with Crippen LogP contribution in [0.2, 0.25) is 0 Å². The number of carbonyl (C=O) groups is 1. The van der Waals surface area contributed by atoms with Crippen molar-refractivity contribution < 1.29 is 17.7 Å². The van der Waals surface area contributed by atoms with Crippen LogP contribution in [0, 0.1) is 6.92 Å². The second-order valence-corrected chi connectivity index (χ2v) is 9.44. The molecule has 8 nitrogen and oxygen atoms in total. The number of nitrogens with zero attached hydrogens (tertiary/aromatic N) is 3. The Bertz CT molecular complexity index is 1680. The number of H-pyrrole nitrogens is 1. The Hall–Kier alpha value is -4.11. The average Bonchev–Trinajstić information content (AvgIpc) is 3.48. The van der Waals surface area contributed by atoms with Crippen LogP contribution in [0.3, 0.4) is 0 Å². The number of fused-ring (bicyclic) bond motifs is 3. The predicted octanol–water partition coefficient (Wildman–Crippen LogP) is 3.97. The lowest BCUT2D eigenvalue weighted by molar-refractivity contribution is 0.103. The van der Waals surface area contributed by atoms with E-state index in [-0.39, 0.29) is 32.6 Å². The molecule has 9 heteroatoms. The summed E-state index contributed by atoms with van der Waals surface area (Å²) in [4.78, 5) is 24.6. The van der Waals surface area contributed by atoms with Crippen LogP contribution in [-0.4, -0.2) is 34.3 Å². The fraction of sp³-hybridized carbons (Fsp3) is 0.0435. The lowest BCUT2D eigenvalue weighted by Gasteiger charge is -2.18. The summed E-state index contributed by atoms with van der Waals surface area (Å²) in [5.74, 6) is 0.194. The molecule has 0 unspecified atom stereocenters. The molecular formula is C23H14N4O4S. The highest BCUT2D eigenvalue weighted by Gasteiger charge is 2.35. The first-order valence-electron chi connectivity index (χ1n) is 9.74. The van der Waals surface area contributed by atoms with Gasteiger partial charge in [-0.2, -0.15) is 4.98 Å². The SMILES string of the molecule is Cc1cc(-c2noc(-c3ccc4c(c3)S(=O)(=O)c3ccccc3C4=O)n2)cc2[nH]cnc12. The third-order valence-corrected chi connectivity index (χ3v) is 7.43. The van der Waals surface area contributed by atoms with E-state index >= 15 is 0 Å². The smallest absolute Gasteiger partial charge is 0.258 e. The van der Waals surface area contributed by atoms with E-state index in [1.54, 1.807) is 24.5 Å². The normalized spacial score (nSPS) is 14.3. The Balaban J connectivity index is 1.45. The summed E-state index contributed by atoms with van der Waals surface area (Å²) in [6.45, 7) is 1.94. The van der Waals surface area contributed by atoms with Gasteiger partial charge in [-0.3, -0.25) is 4.79 Å². The maximum atomic E-state index is 13.2. The lowest BCUT2D eigenvalue weighted by Crippen LogP contribution is -2.20. The van der Waals surface area contributed by atoms with E-state index in [9.17, 15) is 13.2 Å². The molecule has 32 heavy (non-hydrogen) atoms. The number of hydrogen-bond acceptors (Lipinski definition) is 7. The predicted molar refractivity (Wildman–Crippen MR) is 115 cm³/mol. The van der Waals surface area contributed by atoms with Gasteiger partial charge in [-0.1, -0.05) is 17.3 Å². The van der Waals surface area contributed by atoms with Crippen molar-refractivity contribution in [2.45, 2.75) is 16.7 Å². The second-order valence-electron chi connectivity index (χ2n) is 7.55. The highest BCUT2D eigenvalue weighted by molar-refractivity contribution is 7.91. The van der Waals surface area contributed by atoms with Crippen molar-refractivity contribution in [2.24, 2.45) is 0 Å². The van der Waals surface area contributed by atoms with Crippen LogP contribution in [-0.2, 0) is 9.84 Å². The van der Waals surface area contributed by atoms with Crippen molar-refractivity contribution in [3.05, 3.63) is 77.6 Å². The molecule has 3 heterocycles. The molecule has 1 aliphatic heterocycles. The van der Waals surface area contributed by atoms with Crippen LogP contribution in [0.4, 0.5) is 0 Å². The zero-order chi connectivity index (χ0) is 22.0. The van der Waals surface area contributed by atoms with E-state index in [0.29, 0.717) is 11.4 Å². The summed E-state index contributed by atoms with van der Waals surface area (Å²) in [6.07, 6.45) is 1.62. The van der Waals surface area contributed by atoms with Crippen LogP contribution >= 0.6 is 0 Å². The summed E-state index contributed by atoms with van der Waals surface area (Å²) in [5, 5.41) is 4.06. The van der Waals surface area contributed by atoms with Crippen molar-refractivity contribution in [3.8, 4) is 22.8 Å². The van der Waals surface area contributed by atoms with Gasteiger partial charge in [0.25, 0.3) is 5.89 Å². The van der Waals surface area contributed by atoms with Crippen molar-refractivity contribution in [3.63, 3.8) is 0 Å². The van der Waals surface area contributed by atoms with Gasteiger partial charge < -0.3 is 9.51 Å². The maximum absolute atomic E-state index is 13.2. The highest BCUT2D eigenvalue weighted by Crippen LogP contribution is 2.36. The molecule has 0 bridgehead atoms. The molecule has 1 aliphatic rings. The van der Waals surface area contributed by atoms with Crippen molar-refractivity contribution >= 4 is 26.7 Å². The standard InChI is InChI=1S/C23H14N4O4S/c1-12-8-14(9-17-20(12)25-11-24-17)22-26-23(31-27-22)13-6-7-16-19(10-13)32(29,30)18-5-3-2-4-15(18)21(16)28/h2-11H,1H3,(H,24,25). The molecule has 5 aromatic rings. The Kier molecular flexibility index (Phi) is 3.75. The molecule has 6 rings (SSSR count). The van der Waals surface area contributed by atoms with Crippen LogP contribution in [0.1, 0.15) is 21.5 Å². The number of imidazole rings is 1. The monoisotopic (exact) mass is 442 g/mol. The number of carbonyl (C=O) groups excluding carboxylic acids is 1. The Morgan fingerprint density at radius 3 is 2.62 bits per heavy atom. The average molecular weight is 442 g/mol. The van der Waals surface area contributed by atoms with Gasteiger partial charge in [-0.25, -0.2) is 13.4 Å². The number of nitrogens with one attached hydrogen (secondary N) is 1. The highest BCUT2D eigenvalue weighted by atomic mass is 32.2. The quantitative estimate of drug-likeness (QED) is 0.431. The summed E-state index contributed by atoms with van der Waals surface area (Å²) in [6, 6.07) is 14.5. The fourth-order valence-electron chi connectivity index (χ4n) is 4.03. The molecular weight excluding hydrogens is 428 g/mol. The largest absolute Gasteiger partial charge is 0.345 e. The first-order chi connectivity index (χ1) is 15.4. The molecule has 0 spiro atoms. The number of aromatic amines is 1. The van der Waals surface area contributed by atoms with Gasteiger partial charge >= 0.3 is 0 Å². The van der Waals surface area contributed by atoms with Gasteiger partial charge in [0.05, 0.1) is 27.2 Å². The zero-order valence-electron chi connectivity index (χ0n) is 16.7. The Labute approximate surface area is 181 Å². The van der Waals surface area contributed by atoms with Crippen molar-refractivity contribution in [2.75, 3.05) is 0 Å². The number of sulfone groups is 1. The number of rotatable bonds is 2. The molecule has 0 amide bonds. The molecule has 0 atom stereocenters. The van der Waals surface area contributed by atoms with E-state index < -0.39 is 9.84 Å². The minimum atomic E-state index is -3.86. The van der Waals surface area contributed by atoms with E-state index in [0.717, 1.165) is 22.2 Å². The molecule has 0 fully saturated rings. The lowest BCUT2D eigenvalue weighted by atomic mass is 10.0. The number of benzene rings is 3. The Morgan fingerprint density at radius 1 is 0.938 bits per heavy atom. The molecule has 1 N–H and O–H groups in total. The number of aryl methyl sites for hydroxylation is 1. The minimum Gasteiger partial charge on any atom is -0.345 e. The third kappa shape index (κ3) is 2.58. The summed E-state index contributed by atoms with van der Waals surface area (Å²) < 4.78 is 31.7. The maximum Gasteiger partial charge on any atom is 0.258 e. The first kappa shape index (κ1) is 18.6. The van der Waals surface area contributed by atoms with E-state index in [2.05, 4.69) is 20.1 Å². The van der Waals surface area contributed by atoms with Gasteiger partial charge in [0, 0.05) is 22.3 Å². The van der Waals surface area contributed by atoms with Crippen LogP contribution in [0.5, 0.6) is 0 Å². The van der Waals surface area contributed by atoms with Gasteiger partial charge in [0.15, 0.2) is 5.78 Å². The Morgan fingerprint density at radius 2 is 1.75 bits per heavy atom. The van der Waals surface area contributed by atoms with Gasteiger partial charge in [-0.15, -0.1) is 0 Å². The van der Waals surface area contributed by atoms with Crippen molar-refractivity contribution in [1.82, 2.24) is 20.1 Å². The topological polar surface area (TPSA) is 119 Å². The molecule has 0 radical (unpaired) electrons. The van der Waals surface area contributed by atoms with E-state index in [1.807, 2.05) is 19.1 Å².